The highest BCUT2D eigenvalue weighted by atomic mass is 16.3. The van der Waals surface area contributed by atoms with Crippen LogP contribution >= 0.6 is 0 Å². The molecule has 272 valence electrons. The molecule has 0 spiro atoms. The van der Waals surface area contributed by atoms with E-state index in [9.17, 15) is 11.0 Å². The van der Waals surface area contributed by atoms with Crippen LogP contribution in [0, 0.1) is 0 Å². The molecule has 0 unspecified atom stereocenters. The largest absolute Gasteiger partial charge is 0.455 e. The molecule has 0 bridgehead atoms. The van der Waals surface area contributed by atoms with Crippen LogP contribution in [-0.4, -0.2) is 0 Å². The van der Waals surface area contributed by atoms with Gasteiger partial charge >= 0.3 is 0 Å². The minimum absolute atomic E-state index is 0.100. The molecule has 0 aliphatic heterocycles. The molecule has 0 atom stereocenters. The van der Waals surface area contributed by atoms with Crippen LogP contribution in [0.3, 0.4) is 0 Å². The molecule has 0 N–H and O–H groups in total. The number of anilines is 3. The number of nitrogens with zero attached hydrogens (tertiary/aromatic N) is 1. The molecule has 0 aliphatic rings. The molecule has 0 saturated heterocycles. The maximum Gasteiger partial charge on any atom is 0.143 e. The van der Waals surface area contributed by atoms with Crippen molar-refractivity contribution in [2.45, 2.75) is 0 Å². The molecule has 0 saturated carbocycles. The SMILES string of the molecule is [2H]c1c([2H])c(N(c2ccc(-c3cccc4oc5c6ccccc6ccc5c34)cc2)c2c([2H])c([2H])c(-c3ccc4ccccc4c3)c([2H])c2[2H])c([2H])c([2H])c1-c1ccc(-c2ccccc2)cc1. The average Bonchev–Trinajstić information content (AvgIpc) is 3.75. The zero-order valence-corrected chi connectivity index (χ0v) is 31.1. The number of benzene rings is 10. The predicted octanol–water partition coefficient (Wildman–Crippen LogP) is 16.0. The number of hydrogen-bond donors (Lipinski definition) is 0. The lowest BCUT2D eigenvalue weighted by Gasteiger charge is -2.26. The molecule has 2 nitrogen and oxygen atoms in total. The molecule has 0 fully saturated rings. The summed E-state index contributed by atoms with van der Waals surface area (Å²) in [6.45, 7) is 0. The van der Waals surface area contributed by atoms with Crippen molar-refractivity contribution in [1.29, 1.82) is 0 Å². The van der Waals surface area contributed by atoms with Gasteiger partial charge in [0, 0.05) is 33.2 Å². The number of hydrogen-bond acceptors (Lipinski definition) is 2. The zero-order valence-electron chi connectivity index (χ0n) is 39.1. The third-order valence-corrected chi connectivity index (χ3v) is 10.8. The highest BCUT2D eigenvalue weighted by Crippen LogP contribution is 2.42. The summed E-state index contributed by atoms with van der Waals surface area (Å²) in [5, 5.41) is 5.80. The summed E-state index contributed by atoms with van der Waals surface area (Å²) >= 11 is 0. The Morgan fingerprint density at radius 1 is 0.345 bits per heavy atom. The van der Waals surface area contributed by atoms with Gasteiger partial charge in [0.1, 0.15) is 11.2 Å². The van der Waals surface area contributed by atoms with E-state index in [4.69, 9.17) is 4.42 Å². The third-order valence-electron chi connectivity index (χ3n) is 10.8. The summed E-state index contributed by atoms with van der Waals surface area (Å²) in [6, 6.07) is 52.9. The minimum atomic E-state index is -0.403. The number of fused-ring (bicyclic) bond motifs is 6. The van der Waals surface area contributed by atoms with Gasteiger partial charge in [-0.2, -0.15) is 0 Å². The topological polar surface area (TPSA) is 16.4 Å². The lowest BCUT2D eigenvalue weighted by molar-refractivity contribution is 0.673. The van der Waals surface area contributed by atoms with Crippen LogP contribution in [0.5, 0.6) is 0 Å². The van der Waals surface area contributed by atoms with E-state index < -0.39 is 24.2 Å². The van der Waals surface area contributed by atoms with Gasteiger partial charge in [0.2, 0.25) is 0 Å². The molecule has 0 amide bonds. The van der Waals surface area contributed by atoms with Crippen LogP contribution in [0.15, 0.2) is 229 Å². The van der Waals surface area contributed by atoms with Crippen molar-refractivity contribution in [3.8, 4) is 44.5 Å². The fourth-order valence-electron chi connectivity index (χ4n) is 7.88. The van der Waals surface area contributed by atoms with Crippen molar-refractivity contribution in [3.63, 3.8) is 0 Å². The van der Waals surface area contributed by atoms with Gasteiger partial charge < -0.3 is 9.32 Å². The van der Waals surface area contributed by atoms with Gasteiger partial charge in [-0.15, -0.1) is 0 Å². The molecule has 1 heterocycles. The van der Waals surface area contributed by atoms with Crippen molar-refractivity contribution < 1.29 is 15.4 Å². The summed E-state index contributed by atoms with van der Waals surface area (Å²) in [5.41, 5.74) is 6.25. The summed E-state index contributed by atoms with van der Waals surface area (Å²) in [7, 11) is 0. The first-order valence-corrected chi connectivity index (χ1v) is 19.2. The van der Waals surface area contributed by atoms with E-state index in [2.05, 4.69) is 18.2 Å². The van der Waals surface area contributed by atoms with Gasteiger partial charge in [0.25, 0.3) is 0 Å². The van der Waals surface area contributed by atoms with Crippen LogP contribution in [0.4, 0.5) is 17.1 Å². The third kappa shape index (κ3) is 6.00. The van der Waals surface area contributed by atoms with Crippen LogP contribution in [0.25, 0.3) is 88.0 Å². The first-order chi connectivity index (χ1) is 32.1. The van der Waals surface area contributed by atoms with Crippen molar-refractivity contribution in [3.05, 3.63) is 224 Å². The lowest BCUT2D eigenvalue weighted by atomic mass is 9.97. The van der Waals surface area contributed by atoms with E-state index in [0.29, 0.717) is 16.8 Å². The normalized spacial score (nSPS) is 13.4. The second kappa shape index (κ2) is 14.1. The second-order valence-electron chi connectivity index (χ2n) is 14.3. The average molecular weight is 748 g/mol. The molecule has 2 heteroatoms. The maximum atomic E-state index is 9.56. The standard InChI is InChI=1S/C56H37NO/c1-2-9-38(10-3-1)40-17-19-41(20-18-40)42-23-30-48(31-24-42)57(49-32-25-43(26-33-49)47-22-21-39-11-4-5-13-46(39)37-47)50-34-27-45(28-35-50)51-15-8-16-54-55(51)53-36-29-44-12-6-7-14-52(44)56(53)58-54/h1-37H/i23D,24D,25D,26D,30D,31D,32D,33D. The van der Waals surface area contributed by atoms with E-state index in [1.165, 1.54) is 4.90 Å². The van der Waals surface area contributed by atoms with E-state index in [0.717, 1.165) is 65.7 Å². The lowest BCUT2D eigenvalue weighted by Crippen LogP contribution is -2.09. The smallest absolute Gasteiger partial charge is 0.143 e. The zero-order chi connectivity index (χ0) is 45.4. The molecule has 11 rings (SSSR count). The van der Waals surface area contributed by atoms with Gasteiger partial charge in [0.05, 0.1) is 11.0 Å². The van der Waals surface area contributed by atoms with Crippen molar-refractivity contribution in [2.75, 3.05) is 4.90 Å². The Labute approximate surface area is 348 Å². The monoisotopic (exact) mass is 747 g/mol. The van der Waals surface area contributed by atoms with Gasteiger partial charge in [0.15, 0.2) is 0 Å². The summed E-state index contributed by atoms with van der Waals surface area (Å²) in [6.07, 6.45) is 0. The van der Waals surface area contributed by atoms with E-state index in [1.54, 1.807) is 30.3 Å². The molecule has 1 aromatic heterocycles. The highest BCUT2D eigenvalue weighted by Gasteiger charge is 2.17. The first kappa shape index (κ1) is 26.2. The Morgan fingerprint density at radius 3 is 1.62 bits per heavy atom. The van der Waals surface area contributed by atoms with Crippen molar-refractivity contribution in [2.24, 2.45) is 0 Å². The number of rotatable bonds is 7. The van der Waals surface area contributed by atoms with Crippen molar-refractivity contribution in [1.82, 2.24) is 0 Å². The molecule has 11 aromatic rings. The molecule has 0 radical (unpaired) electrons. The van der Waals surface area contributed by atoms with Gasteiger partial charge in [-0.3, -0.25) is 0 Å². The summed E-state index contributed by atoms with van der Waals surface area (Å²) in [5.74, 6) is 0. The molecule has 0 aliphatic carbocycles. The Kier molecular flexibility index (Phi) is 6.38. The fourth-order valence-corrected chi connectivity index (χ4v) is 7.88. The van der Waals surface area contributed by atoms with E-state index in [1.807, 2.05) is 127 Å². The first-order valence-electron chi connectivity index (χ1n) is 23.2. The van der Waals surface area contributed by atoms with Crippen molar-refractivity contribution >= 4 is 60.5 Å². The Hall–Kier alpha value is -7.68. The van der Waals surface area contributed by atoms with Crippen LogP contribution in [-0.2, 0) is 0 Å². The minimum Gasteiger partial charge on any atom is -0.455 e. The summed E-state index contributed by atoms with van der Waals surface area (Å²) in [4.78, 5) is 1.34. The molecule has 58 heavy (non-hydrogen) atoms. The predicted molar refractivity (Wildman–Crippen MR) is 245 cm³/mol. The Balaban J connectivity index is 1.10. The molecular formula is C56H37NO. The van der Waals surface area contributed by atoms with Gasteiger partial charge in [-0.25, -0.2) is 0 Å². The van der Waals surface area contributed by atoms with E-state index in [-0.39, 0.29) is 46.7 Å². The maximum absolute atomic E-state index is 9.56. The van der Waals surface area contributed by atoms with E-state index >= 15 is 0 Å². The van der Waals surface area contributed by atoms with Crippen LogP contribution < -0.4 is 4.90 Å². The number of furan rings is 1. The Morgan fingerprint density at radius 2 is 0.897 bits per heavy atom. The van der Waals surface area contributed by atoms with Gasteiger partial charge in [-0.05, 0) is 115 Å². The second-order valence-corrected chi connectivity index (χ2v) is 14.3. The highest BCUT2D eigenvalue weighted by molar-refractivity contribution is 6.19. The van der Waals surface area contributed by atoms with Gasteiger partial charge in [-0.1, -0.05) is 170 Å². The molecular weight excluding hydrogens is 703 g/mol. The van der Waals surface area contributed by atoms with Crippen LogP contribution in [0.2, 0.25) is 0 Å². The fraction of sp³-hybridized carbons (Fsp3) is 0. The summed E-state index contributed by atoms with van der Waals surface area (Å²) < 4.78 is 82.2. The molecule has 10 aromatic carbocycles. The quantitative estimate of drug-likeness (QED) is 0.161. The van der Waals surface area contributed by atoms with Crippen LogP contribution in [0.1, 0.15) is 11.0 Å². The Bertz CT molecular complexity index is 3680.